The number of hydrogen-bond donors (Lipinski definition) is 2. The zero-order chi connectivity index (χ0) is 23.7. The Hall–Kier alpha value is -3.84. The Morgan fingerprint density at radius 1 is 1.09 bits per heavy atom. The lowest BCUT2D eigenvalue weighted by atomic mass is 9.95. The maximum absolute atomic E-state index is 11.7. The second kappa shape index (κ2) is 10.2. The standard InChI is InChI=1S/C27H26N4O3.ClH/c1-17-11-12-20-22(15-17)29-25(21-9-5-6-10-23(21)32)30-26(20)31-14-13-19(16-31)24(34-27(28)33)18-7-3-2-4-8-18;/h2-12,15,19,24,32H,13-14,16H2,1H3,(H2,28,33);1H/t19-,24?;/m1./s1. The largest absolute Gasteiger partial charge is 0.507 e. The summed E-state index contributed by atoms with van der Waals surface area (Å²) < 4.78 is 5.56. The van der Waals surface area contributed by atoms with Crippen molar-refractivity contribution < 1.29 is 14.6 Å². The average molecular weight is 491 g/mol. The summed E-state index contributed by atoms with van der Waals surface area (Å²) in [6.07, 6.45) is -0.398. The molecule has 0 bridgehead atoms. The van der Waals surface area contributed by atoms with Crippen molar-refractivity contribution in [3.05, 3.63) is 83.9 Å². The first kappa shape index (κ1) is 24.3. The molecule has 35 heavy (non-hydrogen) atoms. The van der Waals surface area contributed by atoms with Crippen LogP contribution in [0.15, 0.2) is 72.8 Å². The average Bonchev–Trinajstić information content (AvgIpc) is 3.32. The fourth-order valence-electron chi connectivity index (χ4n) is 4.68. The number of anilines is 1. The number of phenolic OH excluding ortho intramolecular Hbond substituents is 1. The molecule has 3 N–H and O–H groups in total. The molecule has 0 spiro atoms. The molecule has 1 saturated heterocycles. The van der Waals surface area contributed by atoms with Crippen LogP contribution in [-0.4, -0.2) is 34.3 Å². The number of ether oxygens (including phenoxy) is 1. The minimum atomic E-state index is -0.780. The molecule has 180 valence electrons. The Balaban J connectivity index is 0.00000289. The molecule has 0 aliphatic carbocycles. The number of benzene rings is 3. The molecular weight excluding hydrogens is 464 g/mol. The number of fused-ring (bicyclic) bond motifs is 1. The van der Waals surface area contributed by atoms with Crippen molar-refractivity contribution in [2.24, 2.45) is 11.7 Å². The maximum Gasteiger partial charge on any atom is 0.405 e. The lowest BCUT2D eigenvalue weighted by Gasteiger charge is -2.25. The van der Waals surface area contributed by atoms with E-state index in [-0.39, 0.29) is 24.1 Å². The molecule has 7 nitrogen and oxygen atoms in total. The number of amides is 1. The number of rotatable bonds is 5. The van der Waals surface area contributed by atoms with E-state index < -0.39 is 12.2 Å². The van der Waals surface area contributed by atoms with E-state index in [9.17, 15) is 9.90 Å². The van der Waals surface area contributed by atoms with Crippen LogP contribution in [0.4, 0.5) is 10.6 Å². The first-order valence-electron chi connectivity index (χ1n) is 11.3. The van der Waals surface area contributed by atoms with Crippen LogP contribution >= 0.6 is 12.4 Å². The van der Waals surface area contributed by atoms with Gasteiger partial charge in [-0.1, -0.05) is 48.5 Å². The minimum absolute atomic E-state index is 0. The van der Waals surface area contributed by atoms with E-state index in [1.807, 2.05) is 67.6 Å². The highest BCUT2D eigenvalue weighted by Gasteiger charge is 2.34. The first-order valence-corrected chi connectivity index (χ1v) is 11.3. The third-order valence-electron chi connectivity index (χ3n) is 6.30. The summed E-state index contributed by atoms with van der Waals surface area (Å²) in [4.78, 5) is 23.5. The van der Waals surface area contributed by atoms with Crippen molar-refractivity contribution in [3.8, 4) is 17.1 Å². The molecule has 1 aromatic heterocycles. The Morgan fingerprint density at radius 2 is 1.83 bits per heavy atom. The molecule has 2 heterocycles. The fourth-order valence-corrected chi connectivity index (χ4v) is 4.68. The molecule has 0 radical (unpaired) electrons. The molecule has 2 atom stereocenters. The summed E-state index contributed by atoms with van der Waals surface area (Å²) in [5, 5.41) is 11.4. The van der Waals surface area contributed by atoms with E-state index in [1.54, 1.807) is 12.1 Å². The van der Waals surface area contributed by atoms with Gasteiger partial charge in [-0.15, -0.1) is 12.4 Å². The molecule has 8 heteroatoms. The van der Waals surface area contributed by atoms with Gasteiger partial charge in [-0.05, 0) is 48.7 Å². The second-order valence-corrected chi connectivity index (χ2v) is 8.67. The Kier molecular flexibility index (Phi) is 7.07. The van der Waals surface area contributed by atoms with Gasteiger partial charge in [0.05, 0.1) is 11.1 Å². The smallest absolute Gasteiger partial charge is 0.405 e. The van der Waals surface area contributed by atoms with Crippen molar-refractivity contribution in [3.63, 3.8) is 0 Å². The van der Waals surface area contributed by atoms with Gasteiger partial charge in [-0.3, -0.25) is 0 Å². The van der Waals surface area contributed by atoms with E-state index in [2.05, 4.69) is 4.90 Å². The summed E-state index contributed by atoms with van der Waals surface area (Å²) in [6, 6.07) is 22.9. The number of halogens is 1. The van der Waals surface area contributed by atoms with Gasteiger partial charge in [0.25, 0.3) is 0 Å². The van der Waals surface area contributed by atoms with Crippen LogP contribution in [0.25, 0.3) is 22.3 Å². The fraction of sp³-hybridized carbons (Fsp3) is 0.222. The number of aromatic nitrogens is 2. The van der Waals surface area contributed by atoms with Crippen LogP contribution in [0.1, 0.15) is 23.7 Å². The topological polar surface area (TPSA) is 102 Å². The summed E-state index contributed by atoms with van der Waals surface area (Å²) in [7, 11) is 0. The normalized spacial score (nSPS) is 16.0. The highest BCUT2D eigenvalue weighted by atomic mass is 35.5. The number of aryl methyl sites for hydroxylation is 1. The van der Waals surface area contributed by atoms with Gasteiger partial charge in [0.1, 0.15) is 17.7 Å². The lowest BCUT2D eigenvalue weighted by molar-refractivity contribution is 0.0739. The zero-order valence-corrected chi connectivity index (χ0v) is 20.1. The second-order valence-electron chi connectivity index (χ2n) is 8.67. The predicted molar refractivity (Wildman–Crippen MR) is 139 cm³/mol. The van der Waals surface area contributed by atoms with Crippen LogP contribution in [0.5, 0.6) is 5.75 Å². The van der Waals surface area contributed by atoms with Crippen molar-refractivity contribution in [1.82, 2.24) is 9.97 Å². The Bertz CT molecular complexity index is 1350. The summed E-state index contributed by atoms with van der Waals surface area (Å²) in [6.45, 7) is 3.42. The number of nitrogens with two attached hydrogens (primary N) is 1. The van der Waals surface area contributed by atoms with Gasteiger partial charge in [0.15, 0.2) is 5.82 Å². The van der Waals surface area contributed by atoms with Crippen molar-refractivity contribution in [2.45, 2.75) is 19.4 Å². The number of para-hydroxylation sites is 1. The van der Waals surface area contributed by atoms with E-state index in [4.69, 9.17) is 20.4 Å². The zero-order valence-electron chi connectivity index (χ0n) is 19.3. The molecule has 0 saturated carbocycles. The Labute approximate surface area is 210 Å². The summed E-state index contributed by atoms with van der Waals surface area (Å²) in [5.41, 5.74) is 8.83. The van der Waals surface area contributed by atoms with Crippen LogP contribution in [-0.2, 0) is 4.74 Å². The van der Waals surface area contributed by atoms with E-state index in [0.29, 0.717) is 17.9 Å². The molecule has 1 aliphatic rings. The molecule has 1 aliphatic heterocycles. The van der Waals surface area contributed by atoms with Gasteiger partial charge >= 0.3 is 6.09 Å². The monoisotopic (exact) mass is 490 g/mol. The number of hydrogen-bond acceptors (Lipinski definition) is 6. The highest BCUT2D eigenvalue weighted by molar-refractivity contribution is 5.92. The third-order valence-corrected chi connectivity index (χ3v) is 6.30. The Morgan fingerprint density at radius 3 is 2.57 bits per heavy atom. The minimum Gasteiger partial charge on any atom is -0.507 e. The van der Waals surface area contributed by atoms with Gasteiger partial charge < -0.3 is 20.5 Å². The number of primary amides is 1. The van der Waals surface area contributed by atoms with Crippen molar-refractivity contribution in [2.75, 3.05) is 18.0 Å². The number of carbonyl (C=O) groups excluding carboxylic acids is 1. The van der Waals surface area contributed by atoms with Gasteiger partial charge in [-0.2, -0.15) is 0 Å². The maximum atomic E-state index is 11.7. The molecular formula is C27H27ClN4O3. The van der Waals surface area contributed by atoms with E-state index >= 15 is 0 Å². The van der Waals surface area contributed by atoms with Gasteiger partial charge in [0, 0.05) is 24.4 Å². The lowest BCUT2D eigenvalue weighted by Crippen LogP contribution is -2.27. The van der Waals surface area contributed by atoms with Crippen molar-refractivity contribution >= 4 is 35.2 Å². The molecule has 1 unspecified atom stereocenters. The molecule has 3 aromatic carbocycles. The van der Waals surface area contributed by atoms with E-state index in [1.165, 1.54) is 0 Å². The third kappa shape index (κ3) is 5.00. The van der Waals surface area contributed by atoms with Crippen LogP contribution in [0, 0.1) is 12.8 Å². The van der Waals surface area contributed by atoms with Gasteiger partial charge in [-0.25, -0.2) is 14.8 Å². The molecule has 1 amide bonds. The number of nitrogens with zero attached hydrogens (tertiary/aromatic N) is 3. The number of phenols is 1. The van der Waals surface area contributed by atoms with E-state index in [0.717, 1.165) is 40.8 Å². The first-order chi connectivity index (χ1) is 16.5. The summed E-state index contributed by atoms with van der Waals surface area (Å²) in [5.74, 6) is 1.47. The number of aromatic hydroxyl groups is 1. The van der Waals surface area contributed by atoms with Crippen LogP contribution in [0.2, 0.25) is 0 Å². The SMILES string of the molecule is Cc1ccc2c(N3CC[C@@H](C(OC(N)=O)c4ccccc4)C3)nc(-c3ccccc3O)nc2c1.Cl. The van der Waals surface area contributed by atoms with Gasteiger partial charge in [0.2, 0.25) is 0 Å². The molecule has 5 rings (SSSR count). The molecule has 4 aromatic rings. The van der Waals surface area contributed by atoms with Crippen molar-refractivity contribution in [1.29, 1.82) is 0 Å². The molecule has 1 fully saturated rings. The quantitative estimate of drug-likeness (QED) is 0.388. The summed E-state index contributed by atoms with van der Waals surface area (Å²) >= 11 is 0. The van der Waals surface area contributed by atoms with Crippen LogP contribution < -0.4 is 10.6 Å². The highest BCUT2D eigenvalue weighted by Crippen LogP contribution is 2.38. The predicted octanol–water partition coefficient (Wildman–Crippen LogP) is 5.40. The number of carbonyl (C=O) groups is 1. The van der Waals surface area contributed by atoms with Crippen LogP contribution in [0.3, 0.4) is 0 Å².